The number of anilines is 3. The number of allylic oxidation sites excluding steroid dienone is 3. The van der Waals surface area contributed by atoms with Crippen LogP contribution < -0.4 is 10.2 Å². The van der Waals surface area contributed by atoms with Crippen LogP contribution in [0.25, 0.3) is 76.8 Å². The number of furan rings is 2. The molecule has 10 aromatic rings. The largest absolute Gasteiger partial charge is 0.452 e. The Labute approximate surface area is 311 Å². The average molecular weight is 698 g/mol. The third kappa shape index (κ3) is 4.51. The maximum absolute atomic E-state index is 6.47. The van der Waals surface area contributed by atoms with Gasteiger partial charge in [-0.3, -0.25) is 0 Å². The minimum absolute atomic E-state index is 0.0274. The van der Waals surface area contributed by atoms with Crippen molar-refractivity contribution in [2.45, 2.75) is 19.1 Å². The van der Waals surface area contributed by atoms with Crippen LogP contribution in [0.15, 0.2) is 179 Å². The highest BCUT2D eigenvalue weighted by Gasteiger charge is 2.31. The molecular formula is C49H35N3O2. The molecule has 0 radical (unpaired) electrons. The van der Waals surface area contributed by atoms with Gasteiger partial charge in [-0.2, -0.15) is 0 Å². The number of para-hydroxylation sites is 3. The third-order valence-electron chi connectivity index (χ3n) is 11.1. The van der Waals surface area contributed by atoms with Gasteiger partial charge in [-0.1, -0.05) is 110 Å². The fraction of sp³-hybridized carbons (Fsp3) is 0.0612. The summed E-state index contributed by atoms with van der Waals surface area (Å²) in [4.78, 5) is 2.42. The second-order valence-electron chi connectivity index (χ2n) is 14.2. The number of hydrogen-bond donors (Lipinski definition) is 1. The Morgan fingerprint density at radius 2 is 1.26 bits per heavy atom. The molecule has 7 aromatic carbocycles. The zero-order valence-corrected chi connectivity index (χ0v) is 29.7. The molecule has 11 rings (SSSR count). The summed E-state index contributed by atoms with van der Waals surface area (Å²) in [7, 11) is 0. The number of aromatic nitrogens is 1. The predicted octanol–water partition coefficient (Wildman–Crippen LogP) is 13.8. The number of rotatable bonds is 6. The van der Waals surface area contributed by atoms with Crippen molar-refractivity contribution in [2.24, 2.45) is 0 Å². The summed E-state index contributed by atoms with van der Waals surface area (Å²) < 4.78 is 15.3. The van der Waals surface area contributed by atoms with Crippen molar-refractivity contribution in [2.75, 3.05) is 10.2 Å². The van der Waals surface area contributed by atoms with Crippen molar-refractivity contribution in [1.29, 1.82) is 0 Å². The Kier molecular flexibility index (Phi) is 6.68. The molecule has 0 spiro atoms. The number of nitrogens with zero attached hydrogens (tertiary/aromatic N) is 2. The van der Waals surface area contributed by atoms with Crippen LogP contribution in [0.2, 0.25) is 0 Å². The van der Waals surface area contributed by atoms with Crippen LogP contribution in [0.4, 0.5) is 17.1 Å². The number of fused-ring (bicyclic) bond motifs is 11. The average Bonchev–Trinajstić information content (AvgIpc) is 3.98. The first kappa shape index (κ1) is 30.6. The number of nitrogens with one attached hydrogen (secondary N) is 1. The molecule has 54 heavy (non-hydrogen) atoms. The molecule has 1 N–H and O–H groups in total. The Morgan fingerprint density at radius 1 is 0.611 bits per heavy atom. The van der Waals surface area contributed by atoms with E-state index in [1.54, 1.807) is 0 Å². The van der Waals surface area contributed by atoms with Crippen molar-refractivity contribution in [3.63, 3.8) is 0 Å². The van der Waals surface area contributed by atoms with Gasteiger partial charge >= 0.3 is 0 Å². The normalized spacial score (nSPS) is 15.0. The van der Waals surface area contributed by atoms with Crippen LogP contribution in [0.1, 0.15) is 24.7 Å². The summed E-state index contributed by atoms with van der Waals surface area (Å²) >= 11 is 0. The minimum Gasteiger partial charge on any atom is -0.452 e. The lowest BCUT2D eigenvalue weighted by molar-refractivity contribution is 0.633. The lowest BCUT2D eigenvalue weighted by Crippen LogP contribution is -2.23. The van der Waals surface area contributed by atoms with Crippen LogP contribution in [0.5, 0.6) is 0 Å². The zero-order chi connectivity index (χ0) is 35.9. The first-order valence-electron chi connectivity index (χ1n) is 18.5. The quantitative estimate of drug-likeness (QED) is 0.176. The molecule has 0 fully saturated rings. The van der Waals surface area contributed by atoms with Crippen LogP contribution in [0, 0.1) is 0 Å². The smallest absolute Gasteiger partial charge is 0.178 e. The minimum atomic E-state index is -0.0274. The summed E-state index contributed by atoms with van der Waals surface area (Å²) in [6, 6.07) is 52.1. The van der Waals surface area contributed by atoms with Gasteiger partial charge in [0.05, 0.1) is 22.4 Å². The van der Waals surface area contributed by atoms with E-state index in [1.165, 1.54) is 33.1 Å². The predicted molar refractivity (Wildman–Crippen MR) is 225 cm³/mol. The third-order valence-corrected chi connectivity index (χ3v) is 11.1. The van der Waals surface area contributed by atoms with Gasteiger partial charge in [-0.25, -0.2) is 0 Å². The highest BCUT2D eigenvalue weighted by atomic mass is 16.4. The van der Waals surface area contributed by atoms with E-state index in [9.17, 15) is 0 Å². The molecule has 258 valence electrons. The van der Waals surface area contributed by atoms with Crippen molar-refractivity contribution in [1.82, 2.24) is 4.57 Å². The molecular weight excluding hydrogens is 663 g/mol. The van der Waals surface area contributed by atoms with Gasteiger partial charge in [-0.05, 0) is 84.3 Å². The summed E-state index contributed by atoms with van der Waals surface area (Å²) in [5.74, 6) is 0. The van der Waals surface area contributed by atoms with Crippen LogP contribution >= 0.6 is 0 Å². The van der Waals surface area contributed by atoms with Crippen LogP contribution in [-0.2, 0) is 0 Å². The Morgan fingerprint density at radius 3 is 2.09 bits per heavy atom. The molecule has 5 heteroatoms. The Hall–Kier alpha value is -6.98. The van der Waals surface area contributed by atoms with E-state index in [-0.39, 0.29) is 12.2 Å². The first-order chi connectivity index (χ1) is 26.6. The zero-order valence-electron chi connectivity index (χ0n) is 29.7. The Balaban J connectivity index is 1.08. The molecule has 0 bridgehead atoms. The van der Waals surface area contributed by atoms with Gasteiger partial charge in [0.1, 0.15) is 17.3 Å². The van der Waals surface area contributed by atoms with E-state index in [1.807, 2.05) is 30.4 Å². The highest BCUT2D eigenvalue weighted by Crippen LogP contribution is 2.47. The van der Waals surface area contributed by atoms with Gasteiger partial charge < -0.3 is 23.6 Å². The molecule has 0 amide bonds. The summed E-state index contributed by atoms with van der Waals surface area (Å²) in [5, 5.41) is 10.5. The van der Waals surface area contributed by atoms with Gasteiger partial charge in [0.25, 0.3) is 0 Å². The summed E-state index contributed by atoms with van der Waals surface area (Å²) in [5.41, 5.74) is 12.6. The molecule has 1 aliphatic rings. The van der Waals surface area contributed by atoms with Crippen molar-refractivity contribution >= 4 is 82.7 Å². The molecule has 0 aliphatic carbocycles. The van der Waals surface area contributed by atoms with Crippen molar-refractivity contribution < 1.29 is 8.83 Å². The van der Waals surface area contributed by atoms with Gasteiger partial charge in [-0.15, -0.1) is 0 Å². The van der Waals surface area contributed by atoms with Crippen molar-refractivity contribution in [3.8, 4) is 11.1 Å². The van der Waals surface area contributed by atoms with E-state index in [4.69, 9.17) is 8.83 Å². The topological polar surface area (TPSA) is 46.5 Å². The van der Waals surface area contributed by atoms with E-state index in [2.05, 4.69) is 162 Å². The Bertz CT molecular complexity index is 3140. The maximum Gasteiger partial charge on any atom is 0.178 e. The van der Waals surface area contributed by atoms with Gasteiger partial charge in [0, 0.05) is 44.0 Å². The lowest BCUT2D eigenvalue weighted by atomic mass is 10.0. The SMILES string of the molecule is C=C/C=C\[C@@H](C)n1c2cc(-c3ccc4oc5c(ccc6c7ccccc7oc65)c4c3)ccc2c2ccc(N3c4ccccc4NC3c3ccccc3)cc21. The van der Waals surface area contributed by atoms with Crippen molar-refractivity contribution in [3.05, 3.63) is 176 Å². The molecule has 4 heterocycles. The highest BCUT2D eigenvalue weighted by molar-refractivity contribution is 6.19. The summed E-state index contributed by atoms with van der Waals surface area (Å²) in [6.45, 7) is 6.21. The summed E-state index contributed by atoms with van der Waals surface area (Å²) in [6.07, 6.45) is 6.08. The van der Waals surface area contributed by atoms with Gasteiger partial charge in [0.2, 0.25) is 0 Å². The second-order valence-corrected chi connectivity index (χ2v) is 14.2. The number of hydrogen-bond acceptors (Lipinski definition) is 4. The molecule has 1 aliphatic heterocycles. The molecule has 0 saturated carbocycles. The maximum atomic E-state index is 6.47. The molecule has 1 unspecified atom stereocenters. The fourth-order valence-corrected chi connectivity index (χ4v) is 8.64. The lowest BCUT2D eigenvalue weighted by Gasteiger charge is -2.28. The van der Waals surface area contributed by atoms with Crippen LogP contribution in [0.3, 0.4) is 0 Å². The monoisotopic (exact) mass is 697 g/mol. The molecule has 2 atom stereocenters. The standard InChI is InChI=1S/C49H35N3O2/c1-3-4-12-30(2)51-43-28-33(32-20-26-46-40(27-32)39-25-24-38-37-15-8-11-18-45(37)53-47(38)48(39)54-46)19-22-35(43)36-23-21-34(29-44(36)51)52-42-17-10-9-16-41(42)50-49(52)31-13-6-5-7-14-31/h3-30,49-50H,1H2,2H3/b12-4-/t30-,49?/m1/s1. The van der Waals surface area contributed by atoms with E-state index < -0.39 is 0 Å². The fourth-order valence-electron chi connectivity index (χ4n) is 8.64. The molecule has 3 aromatic heterocycles. The molecule has 5 nitrogen and oxygen atoms in total. The first-order valence-corrected chi connectivity index (χ1v) is 18.5. The van der Waals surface area contributed by atoms with E-state index >= 15 is 0 Å². The van der Waals surface area contributed by atoms with E-state index in [0.29, 0.717) is 0 Å². The molecule has 0 saturated heterocycles. The van der Waals surface area contributed by atoms with Gasteiger partial charge in [0.15, 0.2) is 11.2 Å². The van der Waals surface area contributed by atoms with Crippen LogP contribution in [-0.4, -0.2) is 4.57 Å². The number of benzene rings is 7. The second kappa shape index (κ2) is 11.8. The van der Waals surface area contributed by atoms with E-state index in [0.717, 1.165) is 66.4 Å².